The number of allylic oxidation sites excluding steroid dienone is 3. The summed E-state index contributed by atoms with van der Waals surface area (Å²) >= 11 is 0. The largest absolute Gasteiger partial charge is 0.481 e. The molecule has 3 heterocycles. The fraction of sp³-hybridized carbons (Fsp3) is 0.873. The second-order valence-electron chi connectivity index (χ2n) is 25.5. The Kier molecular flexibility index (Phi) is 17.1. The molecule has 7 fully saturated rings. The minimum absolute atomic E-state index is 0.0133. The Labute approximate surface area is 449 Å². The van der Waals surface area contributed by atoms with E-state index in [2.05, 4.69) is 40.7 Å². The first kappa shape index (κ1) is 60.3. The van der Waals surface area contributed by atoms with Gasteiger partial charge in [-0.15, -0.1) is 0 Å². The van der Waals surface area contributed by atoms with Gasteiger partial charge < -0.3 is 94.1 Å². The third kappa shape index (κ3) is 9.75. The van der Waals surface area contributed by atoms with Crippen molar-refractivity contribution >= 4 is 17.9 Å². The van der Waals surface area contributed by atoms with Crippen LogP contribution < -0.4 is 0 Å². The Morgan fingerprint density at radius 3 is 1.73 bits per heavy atom. The summed E-state index contributed by atoms with van der Waals surface area (Å²) < 4.78 is 49.0. The van der Waals surface area contributed by atoms with Gasteiger partial charge in [-0.05, 0) is 98.7 Å². The predicted octanol–water partition coefficient (Wildman–Crippen LogP) is 0.736. The average Bonchev–Trinajstić information content (AvgIpc) is 3.57. The molecule has 0 aromatic rings. The van der Waals surface area contributed by atoms with Crippen LogP contribution in [0.2, 0.25) is 0 Å². The van der Waals surface area contributed by atoms with Crippen molar-refractivity contribution in [2.24, 2.45) is 50.2 Å². The lowest BCUT2D eigenvalue weighted by atomic mass is 9.33. The van der Waals surface area contributed by atoms with Gasteiger partial charge in [0.05, 0.1) is 25.9 Å². The van der Waals surface area contributed by atoms with Gasteiger partial charge in [0.25, 0.3) is 0 Å². The van der Waals surface area contributed by atoms with Gasteiger partial charge >= 0.3 is 17.9 Å². The maximum Gasteiger partial charge on any atom is 0.333 e. The van der Waals surface area contributed by atoms with E-state index >= 15 is 0 Å². The molecule has 8 rings (SSSR count). The predicted molar refractivity (Wildman–Crippen MR) is 266 cm³/mol. The highest BCUT2D eigenvalue weighted by Crippen LogP contribution is 2.76. The van der Waals surface area contributed by atoms with Crippen LogP contribution in [-0.4, -0.2) is 204 Å². The molecule has 8 aliphatic rings. The summed E-state index contributed by atoms with van der Waals surface area (Å²) in [4.78, 5) is 40.4. The number of carbonyl (C=O) groups excluding carboxylic acids is 2. The van der Waals surface area contributed by atoms with Crippen LogP contribution in [0.1, 0.15) is 121 Å². The zero-order chi connectivity index (χ0) is 56.9. The fourth-order valence-electron chi connectivity index (χ4n) is 16.1. The SMILES string of the molecule is CC=C(C)C(=O)O[C@H]1[C@H](OC(C)=O)[C@]2(C(=O)O)CC[C@]3(C)C(=CC[C@@H]4[C@@]5(C)CC[C@H](O[C@@H]6O[C@H](CO)[C@@H](O[C@@H]7O[C@H](CO)[C@@H](O)[C@H](O)[C@H]7O)[C@H](O)[C@H]6O[C@@H]6O[C@H](CO)[C@H](O)[C@H](O)[C@H]6O)C(C)(C)[C@@H]5CC[C@]43C)[C@H]2CC1(C)C. The van der Waals surface area contributed by atoms with E-state index < -0.39 is 176 Å². The van der Waals surface area contributed by atoms with E-state index in [0.717, 1.165) is 18.4 Å². The number of rotatable bonds is 13. The van der Waals surface area contributed by atoms with Crippen LogP contribution in [0.25, 0.3) is 0 Å². The Balaban J connectivity index is 1.09. The Morgan fingerprint density at radius 2 is 1.19 bits per heavy atom. The molecule has 3 aliphatic heterocycles. The summed E-state index contributed by atoms with van der Waals surface area (Å²) in [6, 6.07) is 0. The van der Waals surface area contributed by atoms with Crippen molar-refractivity contribution in [3.63, 3.8) is 0 Å². The van der Waals surface area contributed by atoms with Crippen molar-refractivity contribution in [3.8, 4) is 0 Å². The molecule has 0 spiro atoms. The van der Waals surface area contributed by atoms with Gasteiger partial charge in [-0.25, -0.2) is 4.79 Å². The number of hydrogen-bond donors (Lipinski definition) is 11. The standard InChI is InChI=1S/C55H86O22/c1-11-24(2)45(67)77-43-44(70-25(3)59)55(49(68)69)19-18-53(9)26(27(55)20-50(43,4)5)12-13-32-52(8)16-15-33(51(6,7)31(52)14-17-54(32,53)10)74-48-42(76-47-39(65)37(63)35(61)29(22-57)72-47)40(66)41(30(23-58)73-48)75-46-38(64)36(62)34(60)28(21-56)71-46/h11-12,27-44,46-48,56-58,60-66H,13-23H2,1-10H3,(H,68,69)/t27-,28-,29-,30-,31+,32-,33+,34-,35+,36+,37+,38-,39-,40+,41-,42-,43+,44+,46+,47+,48+,52+,53-,54-,55+/m1/s1. The Bertz CT molecular complexity index is 2230. The highest BCUT2D eigenvalue weighted by Gasteiger charge is 2.74. The normalized spacial score (nSPS) is 49.4. The quantitative estimate of drug-likeness (QED) is 0.0524. The van der Waals surface area contributed by atoms with Crippen LogP contribution in [0.3, 0.4) is 0 Å². The van der Waals surface area contributed by atoms with Gasteiger partial charge in [0, 0.05) is 23.8 Å². The average molecular weight is 1100 g/mol. The molecule has 0 aromatic heterocycles. The molecule has 22 nitrogen and oxygen atoms in total. The maximum absolute atomic E-state index is 14.0. The van der Waals surface area contributed by atoms with Crippen molar-refractivity contribution < 1.29 is 108 Å². The van der Waals surface area contributed by atoms with Crippen LogP contribution in [0.4, 0.5) is 0 Å². The molecule has 0 aromatic carbocycles. The number of ether oxygens (including phenoxy) is 8. The number of aliphatic hydroxyl groups is 10. The van der Waals surface area contributed by atoms with E-state index in [0.29, 0.717) is 37.7 Å². The highest BCUT2D eigenvalue weighted by molar-refractivity contribution is 5.88. The molecule has 22 heteroatoms. The summed E-state index contributed by atoms with van der Waals surface area (Å²) in [7, 11) is 0. The molecule has 5 aliphatic carbocycles. The number of fused-ring (bicyclic) bond motifs is 7. The van der Waals surface area contributed by atoms with E-state index in [1.54, 1.807) is 19.9 Å². The summed E-state index contributed by atoms with van der Waals surface area (Å²) in [5, 5.41) is 119. The second kappa shape index (κ2) is 21.9. The first-order chi connectivity index (χ1) is 35.9. The van der Waals surface area contributed by atoms with Crippen molar-refractivity contribution in [2.45, 2.75) is 231 Å². The van der Waals surface area contributed by atoms with Crippen LogP contribution >= 0.6 is 0 Å². The molecule has 11 N–H and O–H groups in total. The van der Waals surface area contributed by atoms with Gasteiger partial charge in [0.2, 0.25) is 0 Å². The number of carboxylic acid groups (broad SMARTS) is 1. The minimum atomic E-state index is -1.92. The van der Waals surface area contributed by atoms with Crippen molar-refractivity contribution in [3.05, 3.63) is 23.3 Å². The van der Waals surface area contributed by atoms with Gasteiger partial charge in [0.15, 0.2) is 25.0 Å². The van der Waals surface area contributed by atoms with Gasteiger partial charge in [0.1, 0.15) is 84.8 Å². The Hall–Kier alpha value is -2.75. The van der Waals surface area contributed by atoms with Crippen LogP contribution in [0, 0.1) is 50.2 Å². The van der Waals surface area contributed by atoms with Gasteiger partial charge in [-0.2, -0.15) is 0 Å². The molecule has 0 bridgehead atoms. The maximum atomic E-state index is 14.0. The Morgan fingerprint density at radius 1 is 0.636 bits per heavy atom. The molecular formula is C55H86O22. The van der Waals surface area contributed by atoms with Crippen LogP contribution in [0.5, 0.6) is 0 Å². The summed E-state index contributed by atoms with van der Waals surface area (Å²) in [6.07, 6.45) is -20.3. The molecule has 3 saturated heterocycles. The number of aliphatic hydroxyl groups excluding tert-OH is 10. The first-order valence-electron chi connectivity index (χ1n) is 27.4. The molecule has 4 saturated carbocycles. The highest BCUT2D eigenvalue weighted by atomic mass is 16.8. The zero-order valence-electron chi connectivity index (χ0n) is 46.0. The monoisotopic (exact) mass is 1100 g/mol. The van der Waals surface area contributed by atoms with Crippen molar-refractivity contribution in [1.82, 2.24) is 0 Å². The molecular weight excluding hydrogens is 1010 g/mol. The molecule has 0 unspecified atom stereocenters. The third-order valence-electron chi connectivity index (χ3n) is 20.8. The summed E-state index contributed by atoms with van der Waals surface area (Å²) in [5.74, 6) is -2.80. The van der Waals surface area contributed by atoms with E-state index in [1.165, 1.54) is 6.92 Å². The summed E-state index contributed by atoms with van der Waals surface area (Å²) in [6.45, 7) is 17.2. The van der Waals surface area contributed by atoms with Crippen LogP contribution in [0.15, 0.2) is 23.3 Å². The lowest BCUT2D eigenvalue weighted by Gasteiger charge is -2.71. The zero-order valence-corrected chi connectivity index (χ0v) is 46.0. The molecule has 77 heavy (non-hydrogen) atoms. The molecule has 0 radical (unpaired) electrons. The smallest absolute Gasteiger partial charge is 0.333 e. The first-order valence-corrected chi connectivity index (χ1v) is 27.4. The number of carboxylic acids is 1. The van der Waals surface area contributed by atoms with E-state index in [9.17, 15) is 70.6 Å². The lowest BCUT2D eigenvalue weighted by Crippen LogP contribution is -2.70. The minimum Gasteiger partial charge on any atom is -0.481 e. The van der Waals surface area contributed by atoms with E-state index in [4.69, 9.17) is 37.9 Å². The molecule has 438 valence electrons. The number of esters is 2. The summed E-state index contributed by atoms with van der Waals surface area (Å²) in [5.41, 5.74) is -2.76. The van der Waals surface area contributed by atoms with Crippen molar-refractivity contribution in [1.29, 1.82) is 0 Å². The van der Waals surface area contributed by atoms with Crippen molar-refractivity contribution in [2.75, 3.05) is 19.8 Å². The molecule has 25 atom stereocenters. The van der Waals surface area contributed by atoms with Crippen LogP contribution in [-0.2, 0) is 52.3 Å². The second-order valence-corrected chi connectivity index (χ2v) is 25.5. The number of carbonyl (C=O) groups is 3. The van der Waals surface area contributed by atoms with E-state index in [-0.39, 0.29) is 29.1 Å². The number of aliphatic carboxylic acids is 1. The number of hydrogen-bond acceptors (Lipinski definition) is 21. The third-order valence-corrected chi connectivity index (χ3v) is 20.8. The van der Waals surface area contributed by atoms with Gasteiger partial charge in [-0.1, -0.05) is 66.2 Å². The van der Waals surface area contributed by atoms with E-state index in [1.807, 2.05) is 13.8 Å². The lowest BCUT2D eigenvalue weighted by molar-refractivity contribution is -0.395. The van der Waals surface area contributed by atoms with Gasteiger partial charge in [-0.3, -0.25) is 9.59 Å². The molecule has 0 amide bonds. The fourth-order valence-corrected chi connectivity index (χ4v) is 16.1. The topological polar surface area (TPSA) is 348 Å².